The second-order valence-corrected chi connectivity index (χ2v) is 9.58. The lowest BCUT2D eigenvalue weighted by molar-refractivity contribution is 1.23. The lowest BCUT2D eigenvalue weighted by Crippen LogP contribution is -2.11. The summed E-state index contributed by atoms with van der Waals surface area (Å²) in [5.74, 6) is 0. The molecule has 3 aromatic carbocycles. The Labute approximate surface area is 205 Å². The molecule has 0 unspecified atom stereocenters. The highest BCUT2D eigenvalue weighted by molar-refractivity contribution is 6.05. The molecule has 0 aliphatic carbocycles. The van der Waals surface area contributed by atoms with Crippen LogP contribution in [0.25, 0.3) is 56.6 Å². The van der Waals surface area contributed by atoms with Crippen LogP contribution in [0.1, 0.15) is 22.8 Å². The van der Waals surface area contributed by atoms with Crippen LogP contribution in [-0.2, 0) is 0 Å². The summed E-state index contributed by atoms with van der Waals surface area (Å²) in [6, 6.07) is 30.5. The van der Waals surface area contributed by atoms with Crippen LogP contribution in [0.15, 0.2) is 84.9 Å². The van der Waals surface area contributed by atoms with Crippen molar-refractivity contribution in [1.29, 1.82) is 0 Å². The minimum Gasteiger partial charge on any atom is -0.355 e. The molecule has 1 aliphatic heterocycles. The topological polar surface area (TPSA) is 63.2 Å². The van der Waals surface area contributed by atoms with Crippen LogP contribution in [0.3, 0.4) is 0 Å². The first-order valence-electron chi connectivity index (χ1n) is 12.2. The number of aromatic nitrogens is 4. The van der Waals surface area contributed by atoms with Crippen molar-refractivity contribution in [2.45, 2.75) is 0 Å². The SMILES string of the molecule is C1=c2ccc([nH]2)=Cc2ccc([nH]2)C=c2[nH]c(c3cc4cc5ccccc5cc4cc23)=Cc2ccc1[nH]2. The van der Waals surface area contributed by atoms with Crippen LogP contribution >= 0.6 is 0 Å². The van der Waals surface area contributed by atoms with Gasteiger partial charge in [-0.1, -0.05) is 24.3 Å². The molecular formula is C32H22N4. The predicted molar refractivity (Wildman–Crippen MR) is 148 cm³/mol. The van der Waals surface area contributed by atoms with E-state index in [9.17, 15) is 0 Å². The Morgan fingerprint density at radius 2 is 0.833 bits per heavy atom. The molecule has 0 saturated carbocycles. The fourth-order valence-corrected chi connectivity index (χ4v) is 5.39. The third-order valence-electron chi connectivity index (χ3n) is 7.11. The lowest BCUT2D eigenvalue weighted by atomic mass is 10.0. The summed E-state index contributed by atoms with van der Waals surface area (Å²) in [7, 11) is 0. The van der Waals surface area contributed by atoms with Gasteiger partial charge in [0.2, 0.25) is 0 Å². The van der Waals surface area contributed by atoms with Gasteiger partial charge in [-0.3, -0.25) is 0 Å². The number of benzene rings is 3. The third-order valence-corrected chi connectivity index (χ3v) is 7.11. The molecule has 4 heteroatoms. The normalized spacial score (nSPS) is 12.8. The van der Waals surface area contributed by atoms with E-state index in [1.54, 1.807) is 0 Å². The fraction of sp³-hybridized carbons (Fsp3) is 0. The van der Waals surface area contributed by atoms with Crippen molar-refractivity contribution in [3.63, 3.8) is 0 Å². The molecule has 0 atom stereocenters. The van der Waals surface area contributed by atoms with Gasteiger partial charge in [0.1, 0.15) is 0 Å². The van der Waals surface area contributed by atoms with Crippen molar-refractivity contribution < 1.29 is 0 Å². The Balaban J connectivity index is 1.47. The highest BCUT2D eigenvalue weighted by Gasteiger charge is 2.07. The van der Waals surface area contributed by atoms with Gasteiger partial charge in [-0.15, -0.1) is 0 Å². The number of hydrogen-bond acceptors (Lipinski definition) is 0. The van der Waals surface area contributed by atoms with Gasteiger partial charge >= 0.3 is 0 Å². The fourth-order valence-electron chi connectivity index (χ4n) is 5.39. The molecule has 1 aliphatic rings. The Morgan fingerprint density at radius 1 is 0.361 bits per heavy atom. The minimum absolute atomic E-state index is 1.06. The molecule has 4 nitrogen and oxygen atoms in total. The Kier molecular flexibility index (Phi) is 3.91. The van der Waals surface area contributed by atoms with Crippen LogP contribution in [-0.4, -0.2) is 19.9 Å². The number of aromatic amines is 4. The first kappa shape index (κ1) is 19.4. The first-order chi connectivity index (χ1) is 17.7. The van der Waals surface area contributed by atoms with Gasteiger partial charge in [0, 0.05) is 54.9 Å². The minimum atomic E-state index is 1.06. The quantitative estimate of drug-likeness (QED) is 0.246. The molecule has 4 N–H and O–H groups in total. The summed E-state index contributed by atoms with van der Waals surface area (Å²) in [5, 5.41) is 11.7. The van der Waals surface area contributed by atoms with Gasteiger partial charge in [0.05, 0.1) is 0 Å². The lowest BCUT2D eigenvalue weighted by Gasteiger charge is -2.03. The van der Waals surface area contributed by atoms with E-state index in [4.69, 9.17) is 0 Å². The van der Waals surface area contributed by atoms with Gasteiger partial charge < -0.3 is 19.9 Å². The average molecular weight is 463 g/mol. The van der Waals surface area contributed by atoms with E-state index in [0.717, 1.165) is 44.2 Å². The van der Waals surface area contributed by atoms with E-state index >= 15 is 0 Å². The van der Waals surface area contributed by atoms with Crippen LogP contribution < -0.4 is 21.4 Å². The Morgan fingerprint density at radius 3 is 1.33 bits per heavy atom. The van der Waals surface area contributed by atoms with Crippen molar-refractivity contribution in [1.82, 2.24) is 19.9 Å². The molecule has 170 valence electrons. The summed E-state index contributed by atoms with van der Waals surface area (Å²) in [5.41, 5.74) is 4.23. The van der Waals surface area contributed by atoms with E-state index in [2.05, 4.69) is 129 Å². The molecule has 0 radical (unpaired) electrons. The zero-order valence-corrected chi connectivity index (χ0v) is 19.4. The molecular weight excluding hydrogens is 440 g/mol. The van der Waals surface area contributed by atoms with Gasteiger partial charge in [0.15, 0.2) is 0 Å². The van der Waals surface area contributed by atoms with Crippen molar-refractivity contribution >= 4 is 56.6 Å². The molecule has 5 heterocycles. The Hall–Kier alpha value is -4.96. The number of hydrogen-bond donors (Lipinski definition) is 4. The number of H-pyrrole nitrogens is 4. The summed E-state index contributed by atoms with van der Waals surface area (Å²) in [6.07, 6.45) is 8.66. The molecule has 4 aromatic heterocycles. The second kappa shape index (κ2) is 7.27. The molecule has 0 saturated heterocycles. The molecule has 8 bridgehead atoms. The molecule has 36 heavy (non-hydrogen) atoms. The van der Waals surface area contributed by atoms with Crippen molar-refractivity contribution in [2.24, 2.45) is 0 Å². The van der Waals surface area contributed by atoms with Gasteiger partial charge in [-0.2, -0.15) is 0 Å². The van der Waals surface area contributed by atoms with Gasteiger partial charge in [-0.25, -0.2) is 0 Å². The van der Waals surface area contributed by atoms with Crippen molar-refractivity contribution in [3.8, 4) is 0 Å². The molecule has 8 rings (SSSR count). The van der Waals surface area contributed by atoms with Gasteiger partial charge in [-0.05, 0) is 107 Å². The maximum atomic E-state index is 3.71. The zero-order valence-electron chi connectivity index (χ0n) is 19.4. The number of nitrogens with one attached hydrogen (secondary N) is 4. The van der Waals surface area contributed by atoms with Crippen molar-refractivity contribution in [3.05, 3.63) is 129 Å². The summed E-state index contributed by atoms with van der Waals surface area (Å²) in [4.78, 5) is 14.3. The third kappa shape index (κ3) is 3.16. The highest BCUT2D eigenvalue weighted by atomic mass is 14.8. The van der Waals surface area contributed by atoms with Gasteiger partial charge in [0.25, 0.3) is 0 Å². The standard InChI is InChI=1S/C32H22N4/c1-2-4-20-12-22-14-30-29(13-21(22)11-19(20)3-1)31-17-27-9-7-25(34-27)15-23-5-6-24(33-23)16-26-8-10-28(35-26)18-32(30)36-31/h1-18,33-36H. The zero-order chi connectivity index (χ0) is 23.6. The first-order valence-corrected chi connectivity index (χ1v) is 12.2. The van der Waals surface area contributed by atoms with E-state index < -0.39 is 0 Å². The van der Waals surface area contributed by atoms with Crippen LogP contribution in [0.5, 0.6) is 0 Å². The monoisotopic (exact) mass is 462 g/mol. The van der Waals surface area contributed by atoms with Crippen LogP contribution in [0, 0.1) is 0 Å². The predicted octanol–water partition coefficient (Wildman–Crippen LogP) is 4.09. The largest absolute Gasteiger partial charge is 0.355 e. The average Bonchev–Trinajstić information content (AvgIpc) is 3.67. The maximum Gasteiger partial charge on any atom is 0.0485 e. The van der Waals surface area contributed by atoms with E-state index in [-0.39, 0.29) is 0 Å². The second-order valence-electron chi connectivity index (χ2n) is 9.58. The summed E-state index contributed by atoms with van der Waals surface area (Å²) in [6.45, 7) is 0. The van der Waals surface area contributed by atoms with Crippen LogP contribution in [0.2, 0.25) is 0 Å². The van der Waals surface area contributed by atoms with Crippen LogP contribution in [0.4, 0.5) is 0 Å². The summed E-state index contributed by atoms with van der Waals surface area (Å²) >= 11 is 0. The summed E-state index contributed by atoms with van der Waals surface area (Å²) < 4.78 is 0. The van der Waals surface area contributed by atoms with Crippen molar-refractivity contribution in [2.75, 3.05) is 0 Å². The maximum absolute atomic E-state index is 3.71. The Bertz CT molecular complexity index is 2060. The molecule has 0 amide bonds. The molecule has 0 fully saturated rings. The van der Waals surface area contributed by atoms with E-state index in [1.807, 2.05) is 0 Å². The van der Waals surface area contributed by atoms with E-state index in [0.29, 0.717) is 0 Å². The smallest absolute Gasteiger partial charge is 0.0485 e. The number of rotatable bonds is 0. The number of fused-ring (bicyclic) bond motifs is 13. The van der Waals surface area contributed by atoms with E-state index in [1.165, 1.54) is 32.3 Å². The molecule has 0 spiro atoms. The molecule has 7 aromatic rings. The highest BCUT2D eigenvalue weighted by Crippen LogP contribution is 2.25.